The fourth-order valence-electron chi connectivity index (χ4n) is 3.45. The van der Waals surface area contributed by atoms with E-state index < -0.39 is 0 Å². The summed E-state index contributed by atoms with van der Waals surface area (Å²) in [6, 6.07) is 9.33. The number of rotatable bonds is 5. The minimum Gasteiger partial charge on any atom is -0.329 e. The Kier molecular flexibility index (Phi) is 5.87. The molecule has 1 aromatic rings. The van der Waals surface area contributed by atoms with Gasteiger partial charge in [-0.3, -0.25) is 4.90 Å². The molecule has 3 heteroatoms. The van der Waals surface area contributed by atoms with Crippen LogP contribution in [0.2, 0.25) is 0 Å². The molecule has 2 N–H and O–H groups in total. The Bertz CT molecular complexity index is 437. The van der Waals surface area contributed by atoms with Gasteiger partial charge in [0.2, 0.25) is 0 Å². The van der Waals surface area contributed by atoms with Gasteiger partial charge in [-0.2, -0.15) is 0 Å². The van der Waals surface area contributed by atoms with E-state index in [4.69, 9.17) is 5.73 Å². The largest absolute Gasteiger partial charge is 0.329 e. The molecule has 0 aliphatic heterocycles. The third kappa shape index (κ3) is 4.30. The first-order chi connectivity index (χ1) is 9.94. The van der Waals surface area contributed by atoms with Gasteiger partial charge in [0.1, 0.15) is 0 Å². The summed E-state index contributed by atoms with van der Waals surface area (Å²) in [4.78, 5) is 2.56. The lowest BCUT2D eigenvalue weighted by Gasteiger charge is -2.45. The van der Waals surface area contributed by atoms with Crippen molar-refractivity contribution in [2.24, 2.45) is 11.7 Å². The number of nitrogens with two attached hydrogens (primary N) is 1. The molecule has 0 aromatic heterocycles. The first-order valence-corrected chi connectivity index (χ1v) is 8.91. The quantitative estimate of drug-likeness (QED) is 0.859. The summed E-state index contributed by atoms with van der Waals surface area (Å²) in [7, 11) is 2.27. The highest BCUT2D eigenvalue weighted by Crippen LogP contribution is 2.31. The number of nitrogens with zero attached hydrogens (tertiary/aromatic N) is 1. The van der Waals surface area contributed by atoms with Crippen LogP contribution in [-0.4, -0.2) is 30.1 Å². The van der Waals surface area contributed by atoms with Crippen molar-refractivity contribution >= 4 is 15.9 Å². The minimum atomic E-state index is 0.0407. The molecule has 1 aliphatic carbocycles. The Morgan fingerprint density at radius 1 is 1.19 bits per heavy atom. The highest BCUT2D eigenvalue weighted by atomic mass is 79.9. The zero-order valence-electron chi connectivity index (χ0n) is 13.6. The van der Waals surface area contributed by atoms with Gasteiger partial charge in [0, 0.05) is 22.6 Å². The number of likely N-dealkylation sites (N-methyl/N-ethyl adjacent to an activating group) is 1. The van der Waals surface area contributed by atoms with Crippen molar-refractivity contribution in [3.8, 4) is 0 Å². The van der Waals surface area contributed by atoms with E-state index in [1.165, 1.54) is 31.2 Å². The van der Waals surface area contributed by atoms with E-state index in [0.717, 1.165) is 16.8 Å². The van der Waals surface area contributed by atoms with Crippen molar-refractivity contribution < 1.29 is 0 Å². The van der Waals surface area contributed by atoms with Crippen molar-refractivity contribution in [1.82, 2.24) is 4.90 Å². The van der Waals surface area contributed by atoms with E-state index in [0.29, 0.717) is 12.6 Å². The first-order valence-electron chi connectivity index (χ1n) is 8.12. The zero-order valence-corrected chi connectivity index (χ0v) is 15.2. The summed E-state index contributed by atoms with van der Waals surface area (Å²) in [5.74, 6) is 0.894. The second kappa shape index (κ2) is 7.26. The lowest BCUT2D eigenvalue weighted by atomic mass is 9.83. The second-order valence-electron chi connectivity index (χ2n) is 7.03. The average molecular weight is 353 g/mol. The molecule has 0 bridgehead atoms. The Hall–Kier alpha value is -0.380. The van der Waals surface area contributed by atoms with E-state index >= 15 is 0 Å². The van der Waals surface area contributed by atoms with E-state index in [1.807, 2.05) is 0 Å². The van der Waals surface area contributed by atoms with Crippen LogP contribution < -0.4 is 5.73 Å². The topological polar surface area (TPSA) is 29.3 Å². The molecular weight excluding hydrogens is 324 g/mol. The Labute approximate surface area is 138 Å². The van der Waals surface area contributed by atoms with Crippen LogP contribution in [0.25, 0.3) is 0 Å². The molecule has 0 amide bonds. The molecule has 1 aromatic carbocycles. The summed E-state index contributed by atoms with van der Waals surface area (Å²) >= 11 is 3.50. The van der Waals surface area contributed by atoms with Crippen molar-refractivity contribution in [3.05, 3.63) is 34.3 Å². The van der Waals surface area contributed by atoms with Gasteiger partial charge in [-0.25, -0.2) is 0 Å². The lowest BCUT2D eigenvalue weighted by Crippen LogP contribution is -2.56. The predicted octanol–water partition coefficient (Wildman–Crippen LogP) is 4.22. The zero-order chi connectivity index (χ0) is 15.5. The molecule has 0 saturated heterocycles. The minimum absolute atomic E-state index is 0.0407. The maximum Gasteiger partial charge on any atom is 0.0343 e. The fraction of sp³-hybridized carbons (Fsp3) is 0.667. The van der Waals surface area contributed by atoms with Gasteiger partial charge >= 0.3 is 0 Å². The van der Waals surface area contributed by atoms with Crippen molar-refractivity contribution in [2.75, 3.05) is 13.6 Å². The second-order valence-corrected chi connectivity index (χ2v) is 7.94. The lowest BCUT2D eigenvalue weighted by molar-refractivity contribution is 0.0625. The van der Waals surface area contributed by atoms with E-state index in [9.17, 15) is 0 Å². The molecular formula is C18H29BrN2. The van der Waals surface area contributed by atoms with Crippen LogP contribution in [0.5, 0.6) is 0 Å². The van der Waals surface area contributed by atoms with Gasteiger partial charge in [0.15, 0.2) is 0 Å². The molecule has 1 unspecified atom stereocenters. The number of benzene rings is 1. The number of hydrogen-bond acceptors (Lipinski definition) is 2. The molecule has 21 heavy (non-hydrogen) atoms. The summed E-state index contributed by atoms with van der Waals surface area (Å²) in [5.41, 5.74) is 7.57. The van der Waals surface area contributed by atoms with Crippen molar-refractivity contribution in [1.29, 1.82) is 0 Å². The van der Waals surface area contributed by atoms with Gasteiger partial charge < -0.3 is 5.73 Å². The van der Waals surface area contributed by atoms with Gasteiger partial charge in [-0.15, -0.1) is 0 Å². The molecule has 1 atom stereocenters. The molecule has 1 aliphatic rings. The third-order valence-corrected chi connectivity index (χ3v) is 5.85. The molecule has 118 valence electrons. The highest BCUT2D eigenvalue weighted by Gasteiger charge is 2.34. The van der Waals surface area contributed by atoms with Gasteiger partial charge in [-0.05, 0) is 69.7 Å². The SMILES string of the molecule is CC1CCC(N(C)C(C)(CN)Cc2ccc(Br)cc2)CC1. The van der Waals surface area contributed by atoms with Crippen molar-refractivity contribution in [3.63, 3.8) is 0 Å². The maximum atomic E-state index is 6.17. The van der Waals surface area contributed by atoms with Crippen LogP contribution in [0.15, 0.2) is 28.7 Å². The molecule has 0 heterocycles. The maximum absolute atomic E-state index is 6.17. The standard InChI is InChI=1S/C18H29BrN2/c1-14-4-10-17(11-5-14)21(3)18(2,13-20)12-15-6-8-16(19)9-7-15/h6-9,14,17H,4-5,10-13,20H2,1-3H3. The first kappa shape index (κ1) is 17.0. The molecule has 1 fully saturated rings. The van der Waals surface area contributed by atoms with E-state index in [2.05, 4.69) is 66.0 Å². The molecule has 0 spiro atoms. The summed E-state index contributed by atoms with van der Waals surface area (Å²) in [6.07, 6.45) is 6.35. The van der Waals surface area contributed by atoms with Crippen LogP contribution in [-0.2, 0) is 6.42 Å². The Morgan fingerprint density at radius 2 is 1.76 bits per heavy atom. The summed E-state index contributed by atoms with van der Waals surface area (Å²) in [5, 5.41) is 0. The summed E-state index contributed by atoms with van der Waals surface area (Å²) in [6.45, 7) is 5.39. The van der Waals surface area contributed by atoms with Crippen LogP contribution in [0.3, 0.4) is 0 Å². The van der Waals surface area contributed by atoms with Gasteiger partial charge in [-0.1, -0.05) is 35.0 Å². The number of hydrogen-bond donors (Lipinski definition) is 1. The fourth-order valence-corrected chi connectivity index (χ4v) is 3.72. The average Bonchev–Trinajstić information content (AvgIpc) is 2.49. The van der Waals surface area contributed by atoms with E-state index in [-0.39, 0.29) is 5.54 Å². The molecule has 1 saturated carbocycles. The Balaban J connectivity index is 2.06. The van der Waals surface area contributed by atoms with Crippen LogP contribution in [0.1, 0.15) is 45.1 Å². The normalized spacial score (nSPS) is 25.8. The monoisotopic (exact) mass is 352 g/mol. The van der Waals surface area contributed by atoms with Crippen LogP contribution in [0.4, 0.5) is 0 Å². The Morgan fingerprint density at radius 3 is 2.29 bits per heavy atom. The highest BCUT2D eigenvalue weighted by molar-refractivity contribution is 9.10. The van der Waals surface area contributed by atoms with Crippen molar-refractivity contribution in [2.45, 2.75) is 57.5 Å². The van der Waals surface area contributed by atoms with E-state index in [1.54, 1.807) is 0 Å². The molecule has 0 radical (unpaired) electrons. The smallest absolute Gasteiger partial charge is 0.0343 e. The van der Waals surface area contributed by atoms with Gasteiger partial charge in [0.25, 0.3) is 0 Å². The molecule has 2 nitrogen and oxygen atoms in total. The summed E-state index contributed by atoms with van der Waals surface area (Å²) < 4.78 is 1.13. The number of halogens is 1. The molecule has 2 rings (SSSR count). The van der Waals surface area contributed by atoms with Crippen LogP contribution in [0, 0.1) is 5.92 Å². The van der Waals surface area contributed by atoms with Gasteiger partial charge in [0.05, 0.1) is 0 Å². The predicted molar refractivity (Wildman–Crippen MR) is 94.5 cm³/mol. The third-order valence-electron chi connectivity index (χ3n) is 5.32. The van der Waals surface area contributed by atoms with Crippen LogP contribution >= 0.6 is 15.9 Å².